The van der Waals surface area contributed by atoms with E-state index in [-0.39, 0.29) is 25.5 Å². The fourth-order valence-electron chi connectivity index (χ4n) is 1.71. The number of aliphatic hydroxyl groups excluding tert-OH is 1. The lowest BCUT2D eigenvalue weighted by Crippen LogP contribution is -2.65. The van der Waals surface area contributed by atoms with Gasteiger partial charge >= 0.3 is 0 Å². The second-order valence-electron chi connectivity index (χ2n) is 4.60. The van der Waals surface area contributed by atoms with Crippen LogP contribution in [-0.2, 0) is 14.4 Å². The van der Waals surface area contributed by atoms with Gasteiger partial charge in [0.05, 0.1) is 0 Å². The molecule has 1 aliphatic rings. The fourth-order valence-corrected chi connectivity index (χ4v) is 1.71. The molecule has 0 aromatic rings. The van der Waals surface area contributed by atoms with Gasteiger partial charge in [0.2, 0.25) is 11.8 Å². The number of amides is 3. The fraction of sp³-hybridized carbons (Fsp3) is 0.727. The summed E-state index contributed by atoms with van der Waals surface area (Å²) in [5.74, 6) is -1.14. The molecule has 0 bridgehead atoms. The van der Waals surface area contributed by atoms with Crippen molar-refractivity contribution in [1.29, 1.82) is 0 Å². The van der Waals surface area contributed by atoms with Crippen molar-refractivity contribution < 1.29 is 19.5 Å². The SMILES string of the molecule is CC1(C)C(=O)NC(=O)CN1C(=O)CCCCO. The Labute approximate surface area is 100.0 Å². The van der Waals surface area contributed by atoms with Crippen molar-refractivity contribution in [3.05, 3.63) is 0 Å². The molecule has 0 aromatic carbocycles. The van der Waals surface area contributed by atoms with Crippen LogP contribution in [0.1, 0.15) is 33.1 Å². The maximum atomic E-state index is 11.9. The van der Waals surface area contributed by atoms with Crippen LogP contribution < -0.4 is 5.32 Å². The summed E-state index contributed by atoms with van der Waals surface area (Å²) in [4.78, 5) is 36.0. The normalized spacial score (nSPS) is 19.1. The second kappa shape index (κ2) is 5.27. The van der Waals surface area contributed by atoms with Crippen LogP contribution in [0.5, 0.6) is 0 Å². The summed E-state index contributed by atoms with van der Waals surface area (Å²) < 4.78 is 0. The second-order valence-corrected chi connectivity index (χ2v) is 4.60. The molecule has 1 heterocycles. The molecule has 0 aromatic heterocycles. The molecule has 2 N–H and O–H groups in total. The Morgan fingerprint density at radius 3 is 2.65 bits per heavy atom. The zero-order valence-electron chi connectivity index (χ0n) is 10.2. The van der Waals surface area contributed by atoms with Gasteiger partial charge in [-0.3, -0.25) is 19.7 Å². The Morgan fingerprint density at radius 2 is 2.06 bits per heavy atom. The number of aliphatic hydroxyl groups is 1. The van der Waals surface area contributed by atoms with E-state index >= 15 is 0 Å². The number of nitrogens with zero attached hydrogens (tertiary/aromatic N) is 1. The van der Waals surface area contributed by atoms with Crippen molar-refractivity contribution in [2.75, 3.05) is 13.2 Å². The van der Waals surface area contributed by atoms with E-state index < -0.39 is 17.4 Å². The quantitative estimate of drug-likeness (QED) is 0.509. The highest BCUT2D eigenvalue weighted by molar-refractivity contribution is 6.06. The van der Waals surface area contributed by atoms with E-state index in [2.05, 4.69) is 5.32 Å². The first-order chi connectivity index (χ1) is 7.89. The number of hydrogen-bond acceptors (Lipinski definition) is 4. The van der Waals surface area contributed by atoms with Crippen LogP contribution in [0.2, 0.25) is 0 Å². The van der Waals surface area contributed by atoms with E-state index in [0.717, 1.165) is 0 Å². The number of unbranched alkanes of at least 4 members (excludes halogenated alkanes) is 1. The Bertz CT molecular complexity index is 338. The molecular formula is C11H18N2O4. The first-order valence-electron chi connectivity index (χ1n) is 5.65. The number of rotatable bonds is 4. The standard InChI is InChI=1S/C11H18N2O4/c1-11(2)10(17)12-8(15)7-13(11)9(16)5-3-4-6-14/h14H,3-7H2,1-2H3,(H,12,15,17). The van der Waals surface area contributed by atoms with E-state index in [0.29, 0.717) is 12.8 Å². The highest BCUT2D eigenvalue weighted by Gasteiger charge is 2.42. The lowest BCUT2D eigenvalue weighted by atomic mass is 9.98. The summed E-state index contributed by atoms with van der Waals surface area (Å²) in [6.45, 7) is 3.17. The third kappa shape index (κ3) is 3.03. The van der Waals surface area contributed by atoms with Crippen molar-refractivity contribution in [2.24, 2.45) is 0 Å². The first kappa shape index (κ1) is 13.6. The van der Waals surface area contributed by atoms with E-state index in [1.807, 2.05) is 0 Å². The van der Waals surface area contributed by atoms with Gasteiger partial charge in [-0.1, -0.05) is 0 Å². The van der Waals surface area contributed by atoms with E-state index in [1.54, 1.807) is 13.8 Å². The molecule has 0 radical (unpaired) electrons. The van der Waals surface area contributed by atoms with Crippen molar-refractivity contribution in [3.63, 3.8) is 0 Å². The molecule has 1 rings (SSSR count). The monoisotopic (exact) mass is 242 g/mol. The van der Waals surface area contributed by atoms with Crippen molar-refractivity contribution in [3.8, 4) is 0 Å². The Kier molecular flexibility index (Phi) is 4.22. The lowest BCUT2D eigenvalue weighted by Gasteiger charge is -2.40. The predicted molar refractivity (Wildman–Crippen MR) is 59.9 cm³/mol. The number of imide groups is 1. The Hall–Kier alpha value is -1.43. The lowest BCUT2D eigenvalue weighted by molar-refractivity contribution is -0.155. The molecule has 0 spiro atoms. The van der Waals surface area contributed by atoms with E-state index in [1.165, 1.54) is 4.90 Å². The molecular weight excluding hydrogens is 224 g/mol. The van der Waals surface area contributed by atoms with Gasteiger partial charge in [0, 0.05) is 13.0 Å². The zero-order valence-corrected chi connectivity index (χ0v) is 10.2. The predicted octanol–water partition coefficient (Wildman–Crippen LogP) is -0.587. The molecule has 0 atom stereocenters. The molecule has 1 aliphatic heterocycles. The minimum atomic E-state index is -0.996. The third-order valence-corrected chi connectivity index (χ3v) is 2.88. The molecule has 96 valence electrons. The van der Waals surface area contributed by atoms with Gasteiger partial charge in [-0.25, -0.2) is 0 Å². The van der Waals surface area contributed by atoms with Crippen molar-refractivity contribution >= 4 is 17.7 Å². The van der Waals surface area contributed by atoms with Gasteiger partial charge in [-0.05, 0) is 26.7 Å². The summed E-state index contributed by atoms with van der Waals surface area (Å²) in [5, 5.41) is 10.8. The molecule has 3 amide bonds. The molecule has 17 heavy (non-hydrogen) atoms. The molecule has 6 nitrogen and oxygen atoms in total. The van der Waals surface area contributed by atoms with Gasteiger partial charge in [-0.2, -0.15) is 0 Å². The van der Waals surface area contributed by atoms with E-state index in [4.69, 9.17) is 5.11 Å². The van der Waals surface area contributed by atoms with Crippen LogP contribution in [0.4, 0.5) is 0 Å². The molecule has 1 saturated heterocycles. The summed E-state index contributed by atoms with van der Waals surface area (Å²) in [7, 11) is 0. The Balaban J connectivity index is 2.69. The minimum absolute atomic E-state index is 0.0378. The minimum Gasteiger partial charge on any atom is -0.396 e. The van der Waals surface area contributed by atoms with Crippen LogP contribution in [0.25, 0.3) is 0 Å². The Morgan fingerprint density at radius 1 is 1.41 bits per heavy atom. The molecule has 0 unspecified atom stereocenters. The number of carbonyl (C=O) groups is 3. The number of piperazine rings is 1. The van der Waals surface area contributed by atoms with Crippen LogP contribution in [0, 0.1) is 0 Å². The summed E-state index contributed by atoms with van der Waals surface area (Å²) in [5.41, 5.74) is -0.996. The van der Waals surface area contributed by atoms with Gasteiger partial charge in [0.25, 0.3) is 5.91 Å². The average Bonchev–Trinajstić information content (AvgIpc) is 2.24. The van der Waals surface area contributed by atoms with Gasteiger partial charge in [-0.15, -0.1) is 0 Å². The zero-order chi connectivity index (χ0) is 13.1. The summed E-state index contributed by atoms with van der Waals surface area (Å²) in [6.07, 6.45) is 1.34. The van der Waals surface area contributed by atoms with Gasteiger partial charge in [0.15, 0.2) is 0 Å². The first-order valence-corrected chi connectivity index (χ1v) is 5.65. The third-order valence-electron chi connectivity index (χ3n) is 2.88. The largest absolute Gasteiger partial charge is 0.396 e. The number of hydrogen-bond donors (Lipinski definition) is 2. The van der Waals surface area contributed by atoms with Crippen LogP contribution in [0.3, 0.4) is 0 Å². The summed E-state index contributed by atoms with van der Waals surface area (Å²) >= 11 is 0. The highest BCUT2D eigenvalue weighted by Crippen LogP contribution is 2.19. The average molecular weight is 242 g/mol. The van der Waals surface area contributed by atoms with E-state index in [9.17, 15) is 14.4 Å². The van der Waals surface area contributed by atoms with Crippen molar-refractivity contribution in [1.82, 2.24) is 10.2 Å². The highest BCUT2D eigenvalue weighted by atomic mass is 16.3. The summed E-state index contributed by atoms with van der Waals surface area (Å²) in [6, 6.07) is 0. The topological polar surface area (TPSA) is 86.7 Å². The van der Waals surface area contributed by atoms with Crippen LogP contribution >= 0.6 is 0 Å². The van der Waals surface area contributed by atoms with Gasteiger partial charge < -0.3 is 10.0 Å². The molecule has 0 aliphatic carbocycles. The molecule has 6 heteroatoms. The van der Waals surface area contributed by atoms with Crippen LogP contribution in [-0.4, -0.2) is 46.4 Å². The maximum Gasteiger partial charge on any atom is 0.252 e. The molecule has 0 saturated carbocycles. The number of carbonyl (C=O) groups excluding carboxylic acids is 3. The maximum absolute atomic E-state index is 11.9. The smallest absolute Gasteiger partial charge is 0.252 e. The van der Waals surface area contributed by atoms with Crippen molar-refractivity contribution in [2.45, 2.75) is 38.6 Å². The molecule has 1 fully saturated rings. The van der Waals surface area contributed by atoms with Crippen LogP contribution in [0.15, 0.2) is 0 Å². The number of nitrogens with one attached hydrogen (secondary N) is 1. The van der Waals surface area contributed by atoms with Gasteiger partial charge in [0.1, 0.15) is 12.1 Å².